The van der Waals surface area contributed by atoms with Crippen molar-refractivity contribution in [3.8, 4) is 0 Å². The van der Waals surface area contributed by atoms with Gasteiger partial charge in [-0.05, 0) is 30.5 Å². The van der Waals surface area contributed by atoms with Crippen molar-refractivity contribution in [1.29, 1.82) is 0 Å². The number of Topliss-reactive ketones (excluding diaryl/α,β-unsaturated/α-hetero) is 1. The van der Waals surface area contributed by atoms with Crippen LogP contribution in [0, 0.1) is 0 Å². The van der Waals surface area contributed by atoms with E-state index < -0.39 is 5.54 Å². The highest BCUT2D eigenvalue weighted by atomic mass is 79.9. The van der Waals surface area contributed by atoms with Gasteiger partial charge in [0.15, 0.2) is 5.78 Å². The predicted molar refractivity (Wildman–Crippen MR) is 77.9 cm³/mol. The van der Waals surface area contributed by atoms with Gasteiger partial charge in [-0.2, -0.15) is 0 Å². The van der Waals surface area contributed by atoms with Gasteiger partial charge in [-0.15, -0.1) is 0 Å². The number of ketones is 1. The summed E-state index contributed by atoms with van der Waals surface area (Å²) in [6.07, 6.45) is 5.24. The van der Waals surface area contributed by atoms with Gasteiger partial charge < -0.3 is 5.73 Å². The lowest BCUT2D eigenvalue weighted by Crippen LogP contribution is -2.50. The molecular weight excluding hydrogens is 314 g/mol. The van der Waals surface area contributed by atoms with Gasteiger partial charge in [0, 0.05) is 15.9 Å². The molecular formula is C14H17BrClNO. The second-order valence-electron chi connectivity index (χ2n) is 5.05. The standard InChI is InChI=1S/C14H17BrClNO/c15-11-5-4-10(12(16)9-11)8-13(18)14(17)6-2-1-3-7-14/h4-5,9H,1-3,6-8,17H2. The van der Waals surface area contributed by atoms with Crippen LogP contribution in [0.2, 0.25) is 5.02 Å². The van der Waals surface area contributed by atoms with Crippen molar-refractivity contribution in [3.63, 3.8) is 0 Å². The molecule has 1 fully saturated rings. The van der Waals surface area contributed by atoms with Crippen molar-refractivity contribution >= 4 is 33.3 Å². The van der Waals surface area contributed by atoms with E-state index in [0.29, 0.717) is 11.4 Å². The molecule has 1 aromatic carbocycles. The summed E-state index contributed by atoms with van der Waals surface area (Å²) in [5.74, 6) is 0.117. The summed E-state index contributed by atoms with van der Waals surface area (Å²) in [5.41, 5.74) is 6.46. The summed E-state index contributed by atoms with van der Waals surface area (Å²) in [6, 6.07) is 5.60. The van der Waals surface area contributed by atoms with Crippen molar-refractivity contribution < 1.29 is 4.79 Å². The Balaban J connectivity index is 2.11. The van der Waals surface area contributed by atoms with Crippen LogP contribution < -0.4 is 5.73 Å². The molecule has 98 valence electrons. The summed E-state index contributed by atoms with van der Waals surface area (Å²) in [6.45, 7) is 0. The summed E-state index contributed by atoms with van der Waals surface area (Å²) >= 11 is 9.49. The largest absolute Gasteiger partial charge is 0.319 e. The number of rotatable bonds is 3. The van der Waals surface area contributed by atoms with Gasteiger partial charge in [-0.25, -0.2) is 0 Å². The minimum Gasteiger partial charge on any atom is -0.319 e. The Hall–Kier alpha value is -0.380. The molecule has 1 saturated carbocycles. The fourth-order valence-electron chi connectivity index (χ4n) is 2.48. The molecule has 0 aromatic heterocycles. The molecule has 0 amide bonds. The van der Waals surface area contributed by atoms with Gasteiger partial charge in [-0.3, -0.25) is 4.79 Å². The molecule has 0 radical (unpaired) electrons. The fraction of sp³-hybridized carbons (Fsp3) is 0.500. The Kier molecular flexibility index (Phi) is 4.46. The average molecular weight is 331 g/mol. The molecule has 2 rings (SSSR count). The molecule has 0 atom stereocenters. The topological polar surface area (TPSA) is 43.1 Å². The Morgan fingerprint density at radius 2 is 2.00 bits per heavy atom. The molecule has 0 spiro atoms. The van der Waals surface area contributed by atoms with Gasteiger partial charge in [0.1, 0.15) is 0 Å². The van der Waals surface area contributed by atoms with Crippen LogP contribution >= 0.6 is 27.5 Å². The molecule has 0 saturated heterocycles. The zero-order valence-corrected chi connectivity index (χ0v) is 12.6. The van der Waals surface area contributed by atoms with E-state index in [0.717, 1.165) is 35.7 Å². The highest BCUT2D eigenvalue weighted by molar-refractivity contribution is 9.10. The first kappa shape index (κ1) is 14.0. The average Bonchev–Trinajstić information content (AvgIpc) is 2.33. The van der Waals surface area contributed by atoms with Crippen LogP contribution in [0.1, 0.15) is 37.7 Å². The van der Waals surface area contributed by atoms with Crippen LogP contribution in [0.5, 0.6) is 0 Å². The molecule has 2 nitrogen and oxygen atoms in total. The smallest absolute Gasteiger partial charge is 0.157 e. The SMILES string of the molecule is NC1(C(=O)Cc2ccc(Br)cc2Cl)CCCCC1. The highest BCUT2D eigenvalue weighted by Gasteiger charge is 2.34. The van der Waals surface area contributed by atoms with Crippen molar-refractivity contribution in [2.45, 2.75) is 44.1 Å². The third-order valence-electron chi connectivity index (χ3n) is 3.67. The number of carbonyl (C=O) groups is 1. The summed E-state index contributed by atoms with van der Waals surface area (Å²) in [4.78, 5) is 12.3. The number of carbonyl (C=O) groups excluding carboxylic acids is 1. The minimum absolute atomic E-state index is 0.117. The Labute approximate surface area is 121 Å². The zero-order valence-electron chi connectivity index (χ0n) is 10.2. The molecule has 1 aliphatic rings. The molecule has 4 heteroatoms. The zero-order chi connectivity index (χ0) is 13.2. The summed E-state index contributed by atoms with van der Waals surface area (Å²) < 4.78 is 0.920. The van der Waals surface area contributed by atoms with Crippen molar-refractivity contribution in [2.24, 2.45) is 5.73 Å². The van der Waals surface area contributed by atoms with Crippen LogP contribution in [0.15, 0.2) is 22.7 Å². The monoisotopic (exact) mass is 329 g/mol. The number of halogens is 2. The van der Waals surface area contributed by atoms with Gasteiger partial charge in [0.2, 0.25) is 0 Å². The number of hydrogen-bond acceptors (Lipinski definition) is 2. The van der Waals surface area contributed by atoms with E-state index in [4.69, 9.17) is 17.3 Å². The maximum Gasteiger partial charge on any atom is 0.157 e. The maximum absolute atomic E-state index is 12.3. The predicted octanol–water partition coefficient (Wildman–Crippen LogP) is 3.88. The number of hydrogen-bond donors (Lipinski definition) is 1. The molecule has 1 aromatic rings. The maximum atomic E-state index is 12.3. The normalized spacial score (nSPS) is 18.6. The quantitative estimate of drug-likeness (QED) is 0.914. The van der Waals surface area contributed by atoms with E-state index in [-0.39, 0.29) is 5.78 Å². The number of benzene rings is 1. The van der Waals surface area contributed by atoms with Crippen LogP contribution in [-0.2, 0) is 11.2 Å². The fourth-order valence-corrected chi connectivity index (χ4v) is 3.22. The number of nitrogens with two attached hydrogens (primary N) is 1. The Morgan fingerprint density at radius 1 is 1.33 bits per heavy atom. The van der Waals surface area contributed by atoms with Crippen LogP contribution in [0.3, 0.4) is 0 Å². The summed E-state index contributed by atoms with van der Waals surface area (Å²) in [7, 11) is 0. The third kappa shape index (κ3) is 3.14. The lowest BCUT2D eigenvalue weighted by molar-refractivity contribution is -0.124. The van der Waals surface area contributed by atoms with Crippen molar-refractivity contribution in [1.82, 2.24) is 0 Å². The second kappa shape index (κ2) is 5.72. The first-order valence-corrected chi connectivity index (χ1v) is 7.44. The van der Waals surface area contributed by atoms with E-state index in [1.807, 2.05) is 18.2 Å². The second-order valence-corrected chi connectivity index (χ2v) is 6.38. The molecule has 2 N–H and O–H groups in total. The Bertz CT molecular complexity index is 455. The first-order valence-electron chi connectivity index (χ1n) is 6.27. The summed E-state index contributed by atoms with van der Waals surface area (Å²) in [5, 5.41) is 0.622. The molecule has 0 heterocycles. The van der Waals surface area contributed by atoms with E-state index in [2.05, 4.69) is 15.9 Å². The molecule has 18 heavy (non-hydrogen) atoms. The van der Waals surface area contributed by atoms with Crippen LogP contribution in [0.25, 0.3) is 0 Å². The third-order valence-corrected chi connectivity index (χ3v) is 4.51. The molecule has 1 aliphatic carbocycles. The van der Waals surface area contributed by atoms with Gasteiger partial charge in [0.05, 0.1) is 5.54 Å². The molecule has 0 bridgehead atoms. The van der Waals surface area contributed by atoms with Crippen molar-refractivity contribution in [2.75, 3.05) is 0 Å². The highest BCUT2D eigenvalue weighted by Crippen LogP contribution is 2.29. The van der Waals surface area contributed by atoms with E-state index in [9.17, 15) is 4.79 Å². The molecule has 0 aliphatic heterocycles. The first-order chi connectivity index (χ1) is 8.51. The minimum atomic E-state index is -0.630. The van der Waals surface area contributed by atoms with Gasteiger partial charge in [-0.1, -0.05) is 52.9 Å². The lowest BCUT2D eigenvalue weighted by Gasteiger charge is -2.32. The lowest BCUT2D eigenvalue weighted by atomic mass is 9.78. The van der Waals surface area contributed by atoms with E-state index in [1.54, 1.807) is 0 Å². The van der Waals surface area contributed by atoms with Crippen molar-refractivity contribution in [3.05, 3.63) is 33.3 Å². The van der Waals surface area contributed by atoms with Crippen LogP contribution in [-0.4, -0.2) is 11.3 Å². The van der Waals surface area contributed by atoms with Gasteiger partial charge >= 0.3 is 0 Å². The van der Waals surface area contributed by atoms with E-state index >= 15 is 0 Å². The van der Waals surface area contributed by atoms with Crippen LogP contribution in [0.4, 0.5) is 0 Å². The van der Waals surface area contributed by atoms with E-state index in [1.165, 1.54) is 6.42 Å². The Morgan fingerprint density at radius 3 is 2.61 bits per heavy atom. The molecule has 0 unspecified atom stereocenters. The van der Waals surface area contributed by atoms with Gasteiger partial charge in [0.25, 0.3) is 0 Å².